The summed E-state index contributed by atoms with van der Waals surface area (Å²) < 4.78 is 69.6. The van der Waals surface area contributed by atoms with Gasteiger partial charge in [-0.3, -0.25) is 9.78 Å². The van der Waals surface area contributed by atoms with E-state index in [1.165, 1.54) is 13.0 Å². The highest BCUT2D eigenvalue weighted by Gasteiger charge is 2.49. The fraction of sp³-hybridized carbons (Fsp3) is 0.360. The van der Waals surface area contributed by atoms with Gasteiger partial charge in [-0.15, -0.1) is 0 Å². The number of nitrogens with one attached hydrogen (secondary N) is 1. The van der Waals surface area contributed by atoms with Gasteiger partial charge >= 0.3 is 0 Å². The number of nitrogens with zero attached hydrogens (tertiary/aromatic N) is 4. The van der Waals surface area contributed by atoms with E-state index in [2.05, 4.69) is 20.3 Å². The van der Waals surface area contributed by atoms with E-state index in [0.717, 1.165) is 53.4 Å². The molecule has 12 heteroatoms. The number of sulfonamides is 1. The fourth-order valence-corrected chi connectivity index (χ4v) is 6.20. The third-order valence-corrected chi connectivity index (χ3v) is 8.68. The summed E-state index contributed by atoms with van der Waals surface area (Å²) in [5, 5.41) is 2.53. The molecule has 1 saturated heterocycles. The highest BCUT2D eigenvalue weighted by Crippen LogP contribution is 2.38. The van der Waals surface area contributed by atoms with Gasteiger partial charge in [-0.05, 0) is 50.1 Å². The highest BCUT2D eigenvalue weighted by molar-refractivity contribution is 7.89. The van der Waals surface area contributed by atoms with E-state index in [4.69, 9.17) is 0 Å². The SMILES string of the molecule is CC1C(F)CC(C(=O)NCc2cc(-c3cnc(C4CC4)nc3)ncc2F)N1S(=O)(=O)c1ccc(F)cc1. The number of pyridine rings is 1. The zero-order chi connectivity index (χ0) is 26.3. The lowest BCUT2D eigenvalue weighted by Gasteiger charge is -2.27. The van der Waals surface area contributed by atoms with Gasteiger partial charge in [0.1, 0.15) is 29.7 Å². The molecule has 1 aliphatic heterocycles. The maximum atomic E-state index is 14.6. The number of amides is 1. The smallest absolute Gasteiger partial charge is 0.244 e. The van der Waals surface area contributed by atoms with Gasteiger partial charge in [-0.2, -0.15) is 4.31 Å². The molecule has 3 atom stereocenters. The summed E-state index contributed by atoms with van der Waals surface area (Å²) in [5.74, 6) is -0.925. The summed E-state index contributed by atoms with van der Waals surface area (Å²) in [6.45, 7) is 1.10. The van der Waals surface area contributed by atoms with Crippen molar-refractivity contribution in [3.05, 3.63) is 71.9 Å². The number of carbonyl (C=O) groups excluding carboxylic acids is 1. The summed E-state index contributed by atoms with van der Waals surface area (Å²) in [4.78, 5) is 25.5. The first-order valence-electron chi connectivity index (χ1n) is 11.8. The number of hydrogen-bond donors (Lipinski definition) is 1. The summed E-state index contributed by atoms with van der Waals surface area (Å²) in [7, 11) is -4.30. The Hall–Kier alpha value is -3.38. The highest BCUT2D eigenvalue weighted by atomic mass is 32.2. The molecular formula is C25H24F3N5O3S. The van der Waals surface area contributed by atoms with Crippen LogP contribution in [0.1, 0.15) is 43.5 Å². The minimum atomic E-state index is -4.30. The van der Waals surface area contributed by atoms with E-state index < -0.39 is 45.8 Å². The van der Waals surface area contributed by atoms with E-state index >= 15 is 0 Å². The van der Waals surface area contributed by atoms with Crippen molar-refractivity contribution in [3.63, 3.8) is 0 Å². The number of aromatic nitrogens is 3. The normalized spacial score (nSPS) is 22.2. The second-order valence-electron chi connectivity index (χ2n) is 9.28. The van der Waals surface area contributed by atoms with Crippen LogP contribution in [0.15, 0.2) is 53.8 Å². The van der Waals surface area contributed by atoms with Gasteiger partial charge in [0.25, 0.3) is 0 Å². The molecule has 1 N–H and O–H groups in total. The van der Waals surface area contributed by atoms with E-state index in [1.807, 2.05) is 0 Å². The van der Waals surface area contributed by atoms with Crippen molar-refractivity contribution in [2.24, 2.45) is 0 Å². The zero-order valence-corrected chi connectivity index (χ0v) is 20.6. The van der Waals surface area contributed by atoms with Crippen LogP contribution in [0, 0.1) is 11.6 Å². The largest absolute Gasteiger partial charge is 0.351 e. The Kier molecular flexibility index (Phi) is 6.71. The topological polar surface area (TPSA) is 105 Å². The lowest BCUT2D eigenvalue weighted by molar-refractivity contribution is -0.124. The third-order valence-electron chi connectivity index (χ3n) is 6.67. The number of alkyl halides is 1. The number of halogens is 3. The Labute approximate surface area is 212 Å². The molecule has 1 amide bonds. The quantitative estimate of drug-likeness (QED) is 0.501. The minimum Gasteiger partial charge on any atom is -0.351 e. The predicted molar refractivity (Wildman–Crippen MR) is 127 cm³/mol. The molecule has 0 spiro atoms. The van der Waals surface area contributed by atoms with Crippen molar-refractivity contribution in [1.29, 1.82) is 0 Å². The van der Waals surface area contributed by atoms with Gasteiger partial charge in [0.05, 0.1) is 22.8 Å². The fourth-order valence-electron chi connectivity index (χ4n) is 4.39. The van der Waals surface area contributed by atoms with Crippen LogP contribution in [0.25, 0.3) is 11.3 Å². The molecular weight excluding hydrogens is 507 g/mol. The third kappa shape index (κ3) is 5.08. The van der Waals surface area contributed by atoms with E-state index in [-0.39, 0.29) is 23.4 Å². The van der Waals surface area contributed by atoms with Gasteiger partial charge in [-0.1, -0.05) is 0 Å². The molecule has 2 fully saturated rings. The van der Waals surface area contributed by atoms with Crippen LogP contribution >= 0.6 is 0 Å². The first kappa shape index (κ1) is 25.3. The Morgan fingerprint density at radius 2 is 1.76 bits per heavy atom. The maximum Gasteiger partial charge on any atom is 0.244 e. The van der Waals surface area contributed by atoms with E-state index in [0.29, 0.717) is 17.2 Å². The second kappa shape index (κ2) is 9.82. The molecule has 37 heavy (non-hydrogen) atoms. The summed E-state index contributed by atoms with van der Waals surface area (Å²) in [6, 6.07) is 3.06. The van der Waals surface area contributed by atoms with Crippen molar-refractivity contribution >= 4 is 15.9 Å². The van der Waals surface area contributed by atoms with Crippen LogP contribution in [0.4, 0.5) is 13.2 Å². The van der Waals surface area contributed by atoms with Gasteiger partial charge in [-0.25, -0.2) is 31.6 Å². The van der Waals surface area contributed by atoms with Crippen molar-refractivity contribution in [2.75, 3.05) is 0 Å². The van der Waals surface area contributed by atoms with Crippen LogP contribution < -0.4 is 5.32 Å². The average molecular weight is 532 g/mol. The van der Waals surface area contributed by atoms with Crippen LogP contribution in [0.2, 0.25) is 0 Å². The number of rotatable bonds is 7. The molecule has 1 aliphatic carbocycles. The maximum absolute atomic E-state index is 14.6. The standard InChI is InChI=1S/C25H24F3N5O3S/c1-14-20(27)9-23(33(14)37(35,36)19-6-4-18(26)5-7-19)25(34)32-10-16-8-22(29-13-21(16)28)17-11-30-24(31-12-17)15-2-3-15/h4-8,11-15,20,23H,2-3,9-10H2,1H3,(H,32,34). The van der Waals surface area contributed by atoms with Crippen molar-refractivity contribution in [1.82, 2.24) is 24.6 Å². The Morgan fingerprint density at radius 1 is 1.08 bits per heavy atom. The summed E-state index contributed by atoms with van der Waals surface area (Å²) in [6.07, 6.45) is 4.42. The second-order valence-corrected chi connectivity index (χ2v) is 11.1. The lowest BCUT2D eigenvalue weighted by Crippen LogP contribution is -2.48. The zero-order valence-electron chi connectivity index (χ0n) is 19.8. The summed E-state index contributed by atoms with van der Waals surface area (Å²) >= 11 is 0. The molecule has 1 aromatic carbocycles. The van der Waals surface area contributed by atoms with Crippen LogP contribution in [0.5, 0.6) is 0 Å². The molecule has 2 aromatic heterocycles. The van der Waals surface area contributed by atoms with Gasteiger partial charge < -0.3 is 5.32 Å². The van der Waals surface area contributed by atoms with Crippen LogP contribution in [0.3, 0.4) is 0 Å². The molecule has 1 saturated carbocycles. The van der Waals surface area contributed by atoms with E-state index in [9.17, 15) is 26.4 Å². The monoisotopic (exact) mass is 531 g/mol. The van der Waals surface area contributed by atoms with Crippen LogP contribution in [-0.4, -0.2) is 51.8 Å². The molecule has 3 heterocycles. The number of hydrogen-bond acceptors (Lipinski definition) is 6. The first-order valence-corrected chi connectivity index (χ1v) is 13.3. The molecule has 3 aromatic rings. The minimum absolute atomic E-state index is 0.111. The Balaban J connectivity index is 1.33. The van der Waals surface area contributed by atoms with Gasteiger partial charge in [0, 0.05) is 42.4 Å². The molecule has 5 rings (SSSR count). The van der Waals surface area contributed by atoms with E-state index in [1.54, 1.807) is 12.4 Å². The molecule has 0 radical (unpaired) electrons. The van der Waals surface area contributed by atoms with Gasteiger partial charge in [0.15, 0.2) is 0 Å². The van der Waals surface area contributed by atoms with Crippen LogP contribution in [-0.2, 0) is 21.4 Å². The molecule has 2 aliphatic rings. The Bertz CT molecular complexity index is 1420. The Morgan fingerprint density at radius 3 is 2.41 bits per heavy atom. The van der Waals surface area contributed by atoms with Crippen molar-refractivity contribution < 1.29 is 26.4 Å². The van der Waals surface area contributed by atoms with Crippen molar-refractivity contribution in [2.45, 2.75) is 61.8 Å². The molecule has 8 nitrogen and oxygen atoms in total. The number of carbonyl (C=O) groups is 1. The van der Waals surface area contributed by atoms with Crippen molar-refractivity contribution in [3.8, 4) is 11.3 Å². The molecule has 3 unspecified atom stereocenters. The molecule has 194 valence electrons. The number of benzene rings is 1. The van der Waals surface area contributed by atoms with Gasteiger partial charge in [0.2, 0.25) is 15.9 Å². The summed E-state index contributed by atoms with van der Waals surface area (Å²) in [5.41, 5.74) is 1.10. The average Bonchev–Trinajstić information content (AvgIpc) is 3.69. The molecule has 0 bridgehead atoms. The predicted octanol–water partition coefficient (Wildman–Crippen LogP) is 3.50. The lowest BCUT2D eigenvalue weighted by atomic mass is 10.1. The first-order chi connectivity index (χ1) is 17.6.